The van der Waals surface area contributed by atoms with Gasteiger partial charge in [-0.1, -0.05) is 33.3 Å². The third kappa shape index (κ3) is 5.13. The molecular formula is C14H25NS. The van der Waals surface area contributed by atoms with Crippen molar-refractivity contribution in [2.24, 2.45) is 5.92 Å². The molecule has 1 aromatic rings. The van der Waals surface area contributed by atoms with Gasteiger partial charge in [-0.3, -0.25) is 0 Å². The van der Waals surface area contributed by atoms with E-state index in [2.05, 4.69) is 43.6 Å². The van der Waals surface area contributed by atoms with Crippen molar-refractivity contribution in [2.45, 2.75) is 52.5 Å². The van der Waals surface area contributed by atoms with Crippen LogP contribution < -0.4 is 5.32 Å². The highest BCUT2D eigenvalue weighted by Gasteiger charge is 2.12. The Balaban J connectivity index is 2.43. The van der Waals surface area contributed by atoms with Crippen LogP contribution in [0.3, 0.4) is 0 Å². The molecule has 2 unspecified atom stereocenters. The van der Waals surface area contributed by atoms with Crippen molar-refractivity contribution >= 4 is 11.3 Å². The van der Waals surface area contributed by atoms with E-state index in [1.807, 2.05) is 11.3 Å². The van der Waals surface area contributed by atoms with Crippen LogP contribution in [0, 0.1) is 5.92 Å². The molecule has 0 aliphatic rings. The van der Waals surface area contributed by atoms with Gasteiger partial charge in [0, 0.05) is 10.9 Å². The summed E-state index contributed by atoms with van der Waals surface area (Å²) in [6, 6.07) is 5.07. The molecule has 16 heavy (non-hydrogen) atoms. The van der Waals surface area contributed by atoms with Crippen molar-refractivity contribution in [1.29, 1.82) is 0 Å². The molecule has 0 bridgehead atoms. The second-order valence-electron chi connectivity index (χ2n) is 4.68. The summed E-state index contributed by atoms with van der Waals surface area (Å²) in [7, 11) is 0. The minimum atomic E-state index is 0.661. The van der Waals surface area contributed by atoms with Crippen molar-refractivity contribution in [1.82, 2.24) is 5.32 Å². The summed E-state index contributed by atoms with van der Waals surface area (Å²) in [5, 5.41) is 5.86. The molecule has 1 nitrogen and oxygen atoms in total. The molecule has 2 atom stereocenters. The third-order valence-electron chi connectivity index (χ3n) is 3.09. The molecule has 0 fully saturated rings. The normalized spacial score (nSPS) is 14.9. The number of rotatable bonds is 8. The second-order valence-corrected chi connectivity index (χ2v) is 5.72. The SMILES string of the molecule is CCCNC(Cc1cccs1)CC(C)CC. The Labute approximate surface area is 104 Å². The molecule has 0 saturated carbocycles. The van der Waals surface area contributed by atoms with Gasteiger partial charge in [0.2, 0.25) is 0 Å². The van der Waals surface area contributed by atoms with E-state index >= 15 is 0 Å². The first-order chi connectivity index (χ1) is 7.76. The van der Waals surface area contributed by atoms with Crippen LogP contribution in [-0.4, -0.2) is 12.6 Å². The summed E-state index contributed by atoms with van der Waals surface area (Å²) in [6.07, 6.45) is 5.01. The molecule has 0 aliphatic heterocycles. The van der Waals surface area contributed by atoms with Crippen LogP contribution in [0.4, 0.5) is 0 Å². The van der Waals surface area contributed by atoms with Crippen molar-refractivity contribution in [3.8, 4) is 0 Å². The monoisotopic (exact) mass is 239 g/mol. The van der Waals surface area contributed by atoms with Crippen LogP contribution in [0.15, 0.2) is 17.5 Å². The van der Waals surface area contributed by atoms with Crippen molar-refractivity contribution in [3.05, 3.63) is 22.4 Å². The largest absolute Gasteiger partial charge is 0.314 e. The Morgan fingerprint density at radius 2 is 2.19 bits per heavy atom. The highest BCUT2D eigenvalue weighted by molar-refractivity contribution is 7.09. The molecule has 0 aromatic carbocycles. The average Bonchev–Trinajstić information content (AvgIpc) is 2.78. The lowest BCUT2D eigenvalue weighted by molar-refractivity contribution is 0.393. The maximum absolute atomic E-state index is 3.68. The Hall–Kier alpha value is -0.340. The fourth-order valence-electron chi connectivity index (χ4n) is 1.91. The average molecular weight is 239 g/mol. The van der Waals surface area contributed by atoms with Crippen LogP contribution >= 0.6 is 11.3 Å². The van der Waals surface area contributed by atoms with Crippen LogP contribution in [-0.2, 0) is 6.42 Å². The van der Waals surface area contributed by atoms with Gasteiger partial charge in [-0.2, -0.15) is 0 Å². The topological polar surface area (TPSA) is 12.0 Å². The number of hydrogen-bond acceptors (Lipinski definition) is 2. The van der Waals surface area contributed by atoms with E-state index in [1.54, 1.807) is 0 Å². The summed E-state index contributed by atoms with van der Waals surface area (Å²) < 4.78 is 0. The zero-order chi connectivity index (χ0) is 11.8. The molecule has 92 valence electrons. The van der Waals surface area contributed by atoms with E-state index in [-0.39, 0.29) is 0 Å². The van der Waals surface area contributed by atoms with Gasteiger partial charge in [-0.05, 0) is 43.2 Å². The van der Waals surface area contributed by atoms with Gasteiger partial charge < -0.3 is 5.32 Å². The Bertz CT molecular complexity index is 256. The first-order valence-corrected chi connectivity index (χ1v) is 7.40. The molecule has 1 rings (SSSR count). The lowest BCUT2D eigenvalue weighted by atomic mass is 9.97. The van der Waals surface area contributed by atoms with E-state index in [0.29, 0.717) is 6.04 Å². The molecule has 0 amide bonds. The molecule has 1 aromatic heterocycles. The first-order valence-electron chi connectivity index (χ1n) is 6.52. The number of hydrogen-bond donors (Lipinski definition) is 1. The number of thiophene rings is 1. The standard InChI is InChI=1S/C14H25NS/c1-4-8-15-13(10-12(3)5-2)11-14-7-6-9-16-14/h6-7,9,12-13,15H,4-5,8,10-11H2,1-3H3. The highest BCUT2D eigenvalue weighted by Crippen LogP contribution is 2.17. The van der Waals surface area contributed by atoms with Gasteiger partial charge >= 0.3 is 0 Å². The summed E-state index contributed by atoms with van der Waals surface area (Å²) in [6.45, 7) is 8.02. The van der Waals surface area contributed by atoms with E-state index in [1.165, 1.54) is 30.6 Å². The van der Waals surface area contributed by atoms with E-state index in [9.17, 15) is 0 Å². The van der Waals surface area contributed by atoms with Crippen LogP contribution in [0.5, 0.6) is 0 Å². The van der Waals surface area contributed by atoms with E-state index < -0.39 is 0 Å². The predicted octanol–water partition coefficient (Wildman–Crippen LogP) is 4.10. The maximum Gasteiger partial charge on any atom is 0.0118 e. The molecule has 0 spiro atoms. The fraction of sp³-hybridized carbons (Fsp3) is 0.714. The molecule has 0 radical (unpaired) electrons. The summed E-state index contributed by atoms with van der Waals surface area (Å²) in [4.78, 5) is 1.51. The van der Waals surface area contributed by atoms with Gasteiger partial charge in [0.1, 0.15) is 0 Å². The minimum absolute atomic E-state index is 0.661. The smallest absolute Gasteiger partial charge is 0.0118 e. The maximum atomic E-state index is 3.68. The second kappa shape index (κ2) is 7.86. The molecule has 0 aliphatic carbocycles. The zero-order valence-electron chi connectivity index (χ0n) is 10.8. The Kier molecular flexibility index (Phi) is 6.74. The van der Waals surface area contributed by atoms with Gasteiger partial charge in [-0.15, -0.1) is 11.3 Å². The fourth-order valence-corrected chi connectivity index (χ4v) is 2.70. The van der Waals surface area contributed by atoms with Crippen LogP contribution in [0.25, 0.3) is 0 Å². The quantitative estimate of drug-likeness (QED) is 0.720. The first kappa shape index (κ1) is 13.7. The van der Waals surface area contributed by atoms with Crippen molar-refractivity contribution in [2.75, 3.05) is 6.54 Å². The highest BCUT2D eigenvalue weighted by atomic mass is 32.1. The predicted molar refractivity (Wildman–Crippen MR) is 74.2 cm³/mol. The summed E-state index contributed by atoms with van der Waals surface area (Å²) in [5.74, 6) is 0.828. The lowest BCUT2D eigenvalue weighted by Crippen LogP contribution is -2.33. The van der Waals surface area contributed by atoms with Crippen molar-refractivity contribution in [3.63, 3.8) is 0 Å². The summed E-state index contributed by atoms with van der Waals surface area (Å²) in [5.41, 5.74) is 0. The third-order valence-corrected chi connectivity index (χ3v) is 3.99. The molecule has 2 heteroatoms. The molecular weight excluding hydrogens is 214 g/mol. The molecule has 1 N–H and O–H groups in total. The van der Waals surface area contributed by atoms with Gasteiger partial charge in [0.25, 0.3) is 0 Å². The summed E-state index contributed by atoms with van der Waals surface area (Å²) >= 11 is 1.88. The minimum Gasteiger partial charge on any atom is -0.314 e. The Morgan fingerprint density at radius 3 is 2.75 bits per heavy atom. The molecule has 1 heterocycles. The van der Waals surface area contributed by atoms with E-state index in [4.69, 9.17) is 0 Å². The zero-order valence-corrected chi connectivity index (χ0v) is 11.6. The number of nitrogens with one attached hydrogen (secondary N) is 1. The Morgan fingerprint density at radius 1 is 1.38 bits per heavy atom. The van der Waals surface area contributed by atoms with Gasteiger partial charge in [-0.25, -0.2) is 0 Å². The van der Waals surface area contributed by atoms with Gasteiger partial charge in [0.05, 0.1) is 0 Å². The lowest BCUT2D eigenvalue weighted by Gasteiger charge is -2.21. The van der Waals surface area contributed by atoms with Crippen LogP contribution in [0.1, 0.15) is 44.9 Å². The van der Waals surface area contributed by atoms with Crippen LogP contribution in [0.2, 0.25) is 0 Å². The van der Waals surface area contributed by atoms with Gasteiger partial charge in [0.15, 0.2) is 0 Å². The van der Waals surface area contributed by atoms with E-state index in [0.717, 1.165) is 12.5 Å². The van der Waals surface area contributed by atoms with Crippen molar-refractivity contribution < 1.29 is 0 Å². The molecule has 0 saturated heterocycles.